The van der Waals surface area contributed by atoms with Crippen LogP contribution in [0.2, 0.25) is 5.02 Å². The second kappa shape index (κ2) is 8.04. The Labute approximate surface area is 158 Å². The van der Waals surface area contributed by atoms with Gasteiger partial charge < -0.3 is 14.4 Å². The quantitative estimate of drug-likeness (QED) is 0.713. The highest BCUT2D eigenvalue weighted by molar-refractivity contribution is 6.30. The zero-order valence-corrected chi connectivity index (χ0v) is 16.3. The number of hydrogen-bond donors (Lipinski definition) is 1. The van der Waals surface area contributed by atoms with Gasteiger partial charge in [-0.05, 0) is 58.2 Å². The van der Waals surface area contributed by atoms with E-state index in [0.29, 0.717) is 17.8 Å². The van der Waals surface area contributed by atoms with Crippen molar-refractivity contribution in [1.82, 2.24) is 20.0 Å². The van der Waals surface area contributed by atoms with E-state index < -0.39 is 0 Å². The number of likely N-dealkylation sites (N-methyl/N-ethyl adjacent to an activating group) is 1. The van der Waals surface area contributed by atoms with Crippen LogP contribution in [0.15, 0.2) is 34.9 Å². The van der Waals surface area contributed by atoms with Crippen molar-refractivity contribution in [2.75, 3.05) is 7.05 Å². The normalized spacial score (nSPS) is 12.0. The van der Waals surface area contributed by atoms with Crippen molar-refractivity contribution >= 4 is 24.0 Å². The number of aromatic nitrogens is 3. The van der Waals surface area contributed by atoms with Gasteiger partial charge in [0, 0.05) is 34.6 Å². The Balaban J connectivity index is 0.00000225. The molecule has 0 bridgehead atoms. The molecular weight excluding hydrogens is 359 g/mol. The molecule has 0 spiro atoms. The smallest absolute Gasteiger partial charge is 0.259 e. The topological polar surface area (TPSA) is 55.9 Å². The lowest BCUT2D eigenvalue weighted by molar-refractivity contribution is 0.418. The van der Waals surface area contributed by atoms with Crippen molar-refractivity contribution in [1.29, 1.82) is 0 Å². The predicted molar refractivity (Wildman–Crippen MR) is 103 cm³/mol. The lowest BCUT2D eigenvalue weighted by atomic mass is 10.2. The number of aryl methyl sites for hydroxylation is 1. The van der Waals surface area contributed by atoms with Crippen LogP contribution in [0, 0.1) is 13.8 Å². The van der Waals surface area contributed by atoms with Crippen LogP contribution in [0.4, 0.5) is 0 Å². The second-order valence-electron chi connectivity index (χ2n) is 6.01. The molecule has 0 saturated heterocycles. The van der Waals surface area contributed by atoms with Crippen LogP contribution >= 0.6 is 24.0 Å². The van der Waals surface area contributed by atoms with Gasteiger partial charge in [-0.25, -0.2) is 0 Å². The highest BCUT2D eigenvalue weighted by Crippen LogP contribution is 2.28. The van der Waals surface area contributed by atoms with Gasteiger partial charge in [0.15, 0.2) is 5.82 Å². The molecule has 2 heterocycles. The fourth-order valence-corrected chi connectivity index (χ4v) is 2.91. The van der Waals surface area contributed by atoms with E-state index in [1.54, 1.807) is 0 Å². The van der Waals surface area contributed by atoms with Crippen LogP contribution in [-0.4, -0.2) is 27.8 Å². The Morgan fingerprint density at radius 3 is 2.56 bits per heavy atom. The van der Waals surface area contributed by atoms with Gasteiger partial charge in [-0.2, -0.15) is 4.98 Å². The summed E-state index contributed by atoms with van der Waals surface area (Å²) in [5.74, 6) is 1.27. The standard InChI is InChI=1S/C18H21ClN4O.ClH/c1-11(20-4)9-17-21-18(24-22-17)16-10-12(2)23(13(16)3)15-7-5-14(19)6-8-15;/h5-8,10-11,20H,9H2,1-4H3;1H. The number of halogens is 2. The van der Waals surface area contributed by atoms with Crippen LogP contribution in [-0.2, 0) is 6.42 Å². The summed E-state index contributed by atoms with van der Waals surface area (Å²) in [4.78, 5) is 4.54. The second-order valence-corrected chi connectivity index (χ2v) is 6.44. The first kappa shape index (κ1) is 19.5. The van der Waals surface area contributed by atoms with Crippen LogP contribution in [0.25, 0.3) is 17.1 Å². The maximum atomic E-state index is 5.99. The number of nitrogens with zero attached hydrogens (tertiary/aromatic N) is 3. The van der Waals surface area contributed by atoms with E-state index in [-0.39, 0.29) is 12.4 Å². The maximum Gasteiger partial charge on any atom is 0.259 e. The number of hydrogen-bond acceptors (Lipinski definition) is 4. The summed E-state index contributed by atoms with van der Waals surface area (Å²) in [6.07, 6.45) is 0.732. The summed E-state index contributed by atoms with van der Waals surface area (Å²) in [6, 6.07) is 10.2. The van der Waals surface area contributed by atoms with Gasteiger partial charge in [0.1, 0.15) is 0 Å². The summed E-state index contributed by atoms with van der Waals surface area (Å²) in [5, 5.41) is 7.99. The fraction of sp³-hybridized carbons (Fsp3) is 0.333. The Morgan fingerprint density at radius 2 is 1.92 bits per heavy atom. The molecule has 3 aromatic rings. The summed E-state index contributed by atoms with van der Waals surface area (Å²) in [6.45, 7) is 6.20. The maximum absolute atomic E-state index is 5.99. The summed E-state index contributed by atoms with van der Waals surface area (Å²) in [5.41, 5.74) is 4.18. The molecule has 0 radical (unpaired) electrons. The van der Waals surface area contributed by atoms with Crippen molar-refractivity contribution in [2.45, 2.75) is 33.2 Å². The van der Waals surface area contributed by atoms with Gasteiger partial charge in [0.2, 0.25) is 0 Å². The molecule has 0 fully saturated rings. The molecule has 7 heteroatoms. The predicted octanol–water partition coefficient (Wildman–Crippen LogP) is 4.37. The molecule has 0 amide bonds. The molecule has 0 aliphatic heterocycles. The van der Waals surface area contributed by atoms with Crippen molar-refractivity contribution in [2.24, 2.45) is 0 Å². The first-order valence-corrected chi connectivity index (χ1v) is 8.32. The largest absolute Gasteiger partial charge is 0.334 e. The summed E-state index contributed by atoms with van der Waals surface area (Å²) < 4.78 is 7.64. The first-order chi connectivity index (χ1) is 11.5. The average Bonchev–Trinajstić information content (AvgIpc) is 3.13. The zero-order chi connectivity index (χ0) is 17.3. The van der Waals surface area contributed by atoms with E-state index in [0.717, 1.165) is 34.1 Å². The minimum absolute atomic E-state index is 0. The molecule has 3 rings (SSSR count). The Kier molecular flexibility index (Phi) is 6.27. The highest BCUT2D eigenvalue weighted by Gasteiger charge is 2.18. The Hall–Kier alpha value is -1.82. The molecule has 0 saturated carbocycles. The van der Waals surface area contributed by atoms with Gasteiger partial charge in [-0.1, -0.05) is 16.8 Å². The molecular formula is C18H22Cl2N4O. The Morgan fingerprint density at radius 1 is 1.24 bits per heavy atom. The molecule has 1 N–H and O–H groups in total. The number of nitrogens with one attached hydrogen (secondary N) is 1. The minimum atomic E-state index is 0. The molecule has 1 aromatic carbocycles. The van der Waals surface area contributed by atoms with Crippen LogP contribution in [0.5, 0.6) is 0 Å². The number of benzene rings is 1. The van der Waals surface area contributed by atoms with Gasteiger partial charge >= 0.3 is 0 Å². The van der Waals surface area contributed by atoms with Gasteiger partial charge in [0.05, 0.1) is 5.56 Å². The molecule has 2 aromatic heterocycles. The van der Waals surface area contributed by atoms with Crippen LogP contribution in [0.3, 0.4) is 0 Å². The van der Waals surface area contributed by atoms with Gasteiger partial charge in [-0.15, -0.1) is 12.4 Å². The van der Waals surface area contributed by atoms with E-state index in [1.807, 2.05) is 31.3 Å². The molecule has 5 nitrogen and oxygen atoms in total. The van der Waals surface area contributed by atoms with E-state index in [9.17, 15) is 0 Å². The van der Waals surface area contributed by atoms with Crippen molar-refractivity contribution in [3.63, 3.8) is 0 Å². The third kappa shape index (κ3) is 4.06. The average molecular weight is 381 g/mol. The van der Waals surface area contributed by atoms with E-state index >= 15 is 0 Å². The van der Waals surface area contributed by atoms with Crippen LogP contribution in [0.1, 0.15) is 24.1 Å². The first-order valence-electron chi connectivity index (χ1n) is 7.94. The van der Waals surface area contributed by atoms with E-state index in [2.05, 4.69) is 46.9 Å². The third-order valence-electron chi connectivity index (χ3n) is 4.20. The lowest BCUT2D eigenvalue weighted by Gasteiger charge is -2.09. The third-order valence-corrected chi connectivity index (χ3v) is 4.45. The SMILES string of the molecule is CNC(C)Cc1noc(-c2cc(C)n(-c3ccc(Cl)cc3)c2C)n1.Cl. The molecule has 0 aliphatic rings. The highest BCUT2D eigenvalue weighted by atomic mass is 35.5. The van der Waals surface area contributed by atoms with Crippen molar-refractivity contribution < 1.29 is 4.52 Å². The summed E-state index contributed by atoms with van der Waals surface area (Å²) >= 11 is 5.99. The fourth-order valence-electron chi connectivity index (χ4n) is 2.79. The lowest BCUT2D eigenvalue weighted by Crippen LogP contribution is -2.24. The minimum Gasteiger partial charge on any atom is -0.334 e. The summed E-state index contributed by atoms with van der Waals surface area (Å²) in [7, 11) is 1.92. The molecule has 1 atom stereocenters. The molecule has 134 valence electrons. The Bertz CT molecular complexity index is 839. The number of rotatable bonds is 5. The molecule has 0 aliphatic carbocycles. The van der Waals surface area contributed by atoms with E-state index in [1.165, 1.54) is 0 Å². The molecule has 25 heavy (non-hydrogen) atoms. The van der Waals surface area contributed by atoms with E-state index in [4.69, 9.17) is 16.1 Å². The van der Waals surface area contributed by atoms with Gasteiger partial charge in [0.25, 0.3) is 5.89 Å². The zero-order valence-electron chi connectivity index (χ0n) is 14.7. The van der Waals surface area contributed by atoms with Crippen molar-refractivity contribution in [3.05, 3.63) is 52.6 Å². The van der Waals surface area contributed by atoms with Gasteiger partial charge in [-0.3, -0.25) is 0 Å². The monoisotopic (exact) mass is 380 g/mol. The molecule has 1 unspecified atom stereocenters. The van der Waals surface area contributed by atoms with Crippen molar-refractivity contribution in [3.8, 4) is 17.1 Å². The van der Waals surface area contributed by atoms with Crippen LogP contribution < -0.4 is 5.32 Å².